The van der Waals surface area contributed by atoms with Gasteiger partial charge in [0.15, 0.2) is 0 Å². The van der Waals surface area contributed by atoms with Crippen LogP contribution in [0, 0.1) is 5.92 Å². The lowest BCUT2D eigenvalue weighted by molar-refractivity contribution is 0.268. The van der Waals surface area contributed by atoms with Gasteiger partial charge in [-0.05, 0) is 72.1 Å². The predicted octanol–water partition coefficient (Wildman–Crippen LogP) is 1.03. The molecule has 5 nitrogen and oxygen atoms in total. The summed E-state index contributed by atoms with van der Waals surface area (Å²) in [7, 11) is -0.987. The smallest absolute Gasteiger partial charge is 0.211 e. The lowest BCUT2D eigenvalue weighted by Gasteiger charge is -2.22. The van der Waals surface area contributed by atoms with E-state index in [0.717, 1.165) is 45.3 Å². The van der Waals surface area contributed by atoms with Gasteiger partial charge in [-0.3, -0.25) is 0 Å². The van der Waals surface area contributed by atoms with Crippen molar-refractivity contribution >= 4 is 10.0 Å². The van der Waals surface area contributed by atoms with Crippen molar-refractivity contribution in [3.05, 3.63) is 0 Å². The lowest BCUT2D eigenvalue weighted by atomic mass is 10.0. The van der Waals surface area contributed by atoms with E-state index in [0.29, 0.717) is 24.3 Å². The van der Waals surface area contributed by atoms with Crippen LogP contribution < -0.4 is 10.0 Å². The van der Waals surface area contributed by atoms with Gasteiger partial charge < -0.3 is 10.2 Å². The zero-order valence-electron chi connectivity index (χ0n) is 13.2. The Kier molecular flexibility index (Phi) is 8.02. The second-order valence-electron chi connectivity index (χ2n) is 6.15. The summed E-state index contributed by atoms with van der Waals surface area (Å²) in [4.78, 5) is 2.28. The Labute approximate surface area is 124 Å². The van der Waals surface area contributed by atoms with E-state index in [9.17, 15) is 8.42 Å². The van der Waals surface area contributed by atoms with Crippen LogP contribution in [0.3, 0.4) is 0 Å². The fraction of sp³-hybridized carbons (Fsp3) is 1.00. The molecule has 1 aliphatic heterocycles. The first-order valence-corrected chi connectivity index (χ1v) is 9.44. The Balaban J connectivity index is 2.13. The molecule has 1 rings (SSSR count). The van der Waals surface area contributed by atoms with Gasteiger partial charge >= 0.3 is 0 Å². The molecule has 0 radical (unpaired) electrons. The predicted molar refractivity (Wildman–Crippen MR) is 84.4 cm³/mol. The maximum Gasteiger partial charge on any atom is 0.211 e. The molecule has 0 amide bonds. The van der Waals surface area contributed by atoms with E-state index in [1.165, 1.54) is 0 Å². The molecule has 0 bridgehead atoms. The lowest BCUT2D eigenvalue weighted by Crippen LogP contribution is -2.36. The number of rotatable bonds is 9. The zero-order valence-corrected chi connectivity index (χ0v) is 14.0. The van der Waals surface area contributed by atoms with Gasteiger partial charge in [0.2, 0.25) is 10.0 Å². The van der Waals surface area contributed by atoms with Crippen LogP contribution in [0.2, 0.25) is 0 Å². The topological polar surface area (TPSA) is 61.4 Å². The van der Waals surface area contributed by atoms with Crippen LogP contribution in [0.15, 0.2) is 0 Å². The summed E-state index contributed by atoms with van der Waals surface area (Å²) in [5.74, 6) is 0.612. The molecule has 0 saturated carbocycles. The van der Waals surface area contributed by atoms with E-state index in [2.05, 4.69) is 35.8 Å². The number of unbranched alkanes of at least 4 members (excludes halogenated alkanes) is 1. The number of sulfonamides is 1. The molecule has 1 fully saturated rings. The maximum atomic E-state index is 12.0. The first kappa shape index (κ1) is 17.9. The molecule has 1 aliphatic rings. The first-order chi connectivity index (χ1) is 9.41. The third kappa shape index (κ3) is 7.57. The van der Waals surface area contributed by atoms with Gasteiger partial charge in [-0.25, -0.2) is 13.1 Å². The minimum atomic E-state index is -3.09. The number of piperidine rings is 1. The molecule has 2 N–H and O–H groups in total. The third-order valence-corrected chi connectivity index (χ3v) is 5.61. The molecule has 6 heteroatoms. The fourth-order valence-corrected chi connectivity index (χ4v) is 3.92. The largest absolute Gasteiger partial charge is 0.317 e. The van der Waals surface area contributed by atoms with Crippen LogP contribution in [-0.4, -0.2) is 58.3 Å². The highest BCUT2D eigenvalue weighted by atomic mass is 32.2. The first-order valence-electron chi connectivity index (χ1n) is 7.79. The Morgan fingerprint density at radius 1 is 1.25 bits per heavy atom. The minimum absolute atomic E-state index is 0.292. The summed E-state index contributed by atoms with van der Waals surface area (Å²) >= 11 is 0. The highest BCUT2D eigenvalue weighted by molar-refractivity contribution is 7.89. The molecule has 0 spiro atoms. The normalized spacial score (nSPS) is 18.1. The van der Waals surface area contributed by atoms with Gasteiger partial charge in [0.25, 0.3) is 0 Å². The zero-order chi connectivity index (χ0) is 15.0. The molecule has 1 heterocycles. The Morgan fingerprint density at radius 2 is 1.90 bits per heavy atom. The van der Waals surface area contributed by atoms with Gasteiger partial charge in [-0.15, -0.1) is 0 Å². The Hall–Kier alpha value is -0.170. The second-order valence-corrected chi connectivity index (χ2v) is 8.00. The molecule has 0 aromatic rings. The minimum Gasteiger partial charge on any atom is -0.317 e. The van der Waals surface area contributed by atoms with Crippen molar-refractivity contribution in [1.82, 2.24) is 14.9 Å². The summed E-state index contributed by atoms with van der Waals surface area (Å²) in [6, 6.07) is 0.548. The van der Waals surface area contributed by atoms with E-state index in [1.807, 2.05) is 0 Å². The molecule has 20 heavy (non-hydrogen) atoms. The van der Waals surface area contributed by atoms with Crippen molar-refractivity contribution in [3.8, 4) is 0 Å². The molecule has 0 unspecified atom stereocenters. The van der Waals surface area contributed by atoms with E-state index >= 15 is 0 Å². The summed E-state index contributed by atoms with van der Waals surface area (Å²) < 4.78 is 26.7. The molecular formula is C14H31N3O2S. The van der Waals surface area contributed by atoms with E-state index in [4.69, 9.17) is 0 Å². The summed E-state index contributed by atoms with van der Waals surface area (Å²) in [6.45, 7) is 7.82. The van der Waals surface area contributed by atoms with Crippen LogP contribution in [0.25, 0.3) is 0 Å². The van der Waals surface area contributed by atoms with E-state index in [-0.39, 0.29) is 0 Å². The van der Waals surface area contributed by atoms with E-state index in [1.54, 1.807) is 0 Å². The maximum absolute atomic E-state index is 12.0. The highest BCUT2D eigenvalue weighted by Gasteiger charge is 2.20. The van der Waals surface area contributed by atoms with Gasteiger partial charge in [-0.2, -0.15) is 0 Å². The van der Waals surface area contributed by atoms with Crippen LogP contribution in [0.5, 0.6) is 0 Å². The van der Waals surface area contributed by atoms with Crippen LogP contribution >= 0.6 is 0 Å². The number of hydrogen-bond donors (Lipinski definition) is 2. The fourth-order valence-electron chi connectivity index (χ4n) is 2.39. The van der Waals surface area contributed by atoms with Crippen molar-refractivity contribution in [1.29, 1.82) is 0 Å². The number of hydrogen-bond acceptors (Lipinski definition) is 4. The number of nitrogens with one attached hydrogen (secondary N) is 2. The SMILES string of the molecule is CC(C)N(C)CCCCNS(=O)(=O)CC1CCNCC1. The van der Waals surface area contributed by atoms with Crippen LogP contribution in [0.4, 0.5) is 0 Å². The van der Waals surface area contributed by atoms with Crippen LogP contribution in [-0.2, 0) is 10.0 Å². The highest BCUT2D eigenvalue weighted by Crippen LogP contribution is 2.13. The molecule has 0 aliphatic carbocycles. The average molecular weight is 305 g/mol. The summed E-state index contributed by atoms with van der Waals surface area (Å²) in [6.07, 6.45) is 3.88. The standard InChI is InChI=1S/C14H31N3O2S/c1-13(2)17(3)11-5-4-8-16-20(18,19)12-14-6-9-15-10-7-14/h13-16H,4-12H2,1-3H3. The monoisotopic (exact) mass is 305 g/mol. The van der Waals surface area contributed by atoms with Crippen molar-refractivity contribution in [2.45, 2.75) is 45.6 Å². The van der Waals surface area contributed by atoms with Gasteiger partial charge in [-0.1, -0.05) is 0 Å². The molecular weight excluding hydrogens is 274 g/mol. The molecule has 120 valence electrons. The Morgan fingerprint density at radius 3 is 2.50 bits per heavy atom. The molecule has 0 aromatic heterocycles. The van der Waals surface area contributed by atoms with Gasteiger partial charge in [0, 0.05) is 12.6 Å². The summed E-state index contributed by atoms with van der Waals surface area (Å²) in [5.41, 5.74) is 0. The van der Waals surface area contributed by atoms with Crippen molar-refractivity contribution in [2.75, 3.05) is 39.0 Å². The Bertz CT molecular complexity index is 351. The van der Waals surface area contributed by atoms with Crippen molar-refractivity contribution < 1.29 is 8.42 Å². The van der Waals surface area contributed by atoms with Gasteiger partial charge in [0.05, 0.1) is 5.75 Å². The third-order valence-electron chi connectivity index (χ3n) is 4.05. The number of nitrogens with zero attached hydrogens (tertiary/aromatic N) is 1. The summed E-state index contributed by atoms with van der Waals surface area (Å²) in [5, 5.41) is 3.26. The molecule has 0 atom stereocenters. The molecule has 1 saturated heterocycles. The van der Waals surface area contributed by atoms with Crippen molar-refractivity contribution in [3.63, 3.8) is 0 Å². The average Bonchev–Trinajstić information content (AvgIpc) is 2.38. The van der Waals surface area contributed by atoms with E-state index < -0.39 is 10.0 Å². The van der Waals surface area contributed by atoms with Gasteiger partial charge in [0.1, 0.15) is 0 Å². The second kappa shape index (κ2) is 8.97. The molecule has 0 aromatic carbocycles. The van der Waals surface area contributed by atoms with Crippen molar-refractivity contribution in [2.24, 2.45) is 5.92 Å². The van der Waals surface area contributed by atoms with Crippen LogP contribution in [0.1, 0.15) is 39.5 Å². The quantitative estimate of drug-likeness (QED) is 0.625.